The first-order chi connectivity index (χ1) is 3.91. The highest BCUT2D eigenvalue weighted by Crippen LogP contribution is 2.45. The summed E-state index contributed by atoms with van der Waals surface area (Å²) in [5.41, 5.74) is 0. The number of hydrogen-bond donors (Lipinski definition) is 3. The van der Waals surface area contributed by atoms with Crippen LogP contribution in [0.3, 0.4) is 0 Å². The monoisotopic (exact) mass is 173 g/mol. The molecule has 5 nitrogen and oxygen atoms in total. The van der Waals surface area contributed by atoms with Gasteiger partial charge in [0.25, 0.3) is 0 Å². The molecule has 0 bridgehead atoms. The molecule has 1 saturated heterocycles. The van der Waals surface area contributed by atoms with Crippen molar-refractivity contribution in [2.75, 3.05) is 6.54 Å². The third-order valence-corrected chi connectivity index (χ3v) is 1.72. The van der Waals surface area contributed by atoms with E-state index in [1.807, 2.05) is 0 Å². The van der Waals surface area contributed by atoms with Crippen LogP contribution in [0.5, 0.6) is 0 Å². The van der Waals surface area contributed by atoms with Gasteiger partial charge in [0.05, 0.1) is 6.54 Å². The molecule has 54 valence electrons. The van der Waals surface area contributed by atoms with Crippen LogP contribution in [-0.2, 0) is 9.09 Å². The fourth-order valence-corrected chi connectivity index (χ4v) is 1.17. The summed E-state index contributed by atoms with van der Waals surface area (Å²) in [5, 5.41) is 1.11. The van der Waals surface area contributed by atoms with Gasteiger partial charge in [0, 0.05) is 0 Å². The maximum absolute atomic E-state index is 10.0. The van der Waals surface area contributed by atoms with Crippen LogP contribution in [0, 0.1) is 0 Å². The van der Waals surface area contributed by atoms with Crippen molar-refractivity contribution in [3.63, 3.8) is 0 Å². The summed E-state index contributed by atoms with van der Waals surface area (Å²) in [5.74, 6) is 0. The van der Waals surface area contributed by atoms with E-state index in [-0.39, 0.29) is 6.54 Å². The van der Waals surface area contributed by atoms with Gasteiger partial charge < -0.3 is 9.79 Å². The van der Waals surface area contributed by atoms with E-state index < -0.39 is 13.0 Å². The van der Waals surface area contributed by atoms with E-state index in [2.05, 4.69) is 9.84 Å². The van der Waals surface area contributed by atoms with E-state index in [0.717, 1.165) is 0 Å². The lowest BCUT2D eigenvalue weighted by molar-refractivity contribution is 0.164. The van der Waals surface area contributed by atoms with Crippen LogP contribution >= 0.6 is 19.4 Å². The Morgan fingerprint density at radius 2 is 2.22 bits per heavy atom. The third kappa shape index (κ3) is 2.62. The van der Waals surface area contributed by atoms with Crippen molar-refractivity contribution < 1.29 is 18.9 Å². The van der Waals surface area contributed by atoms with E-state index >= 15 is 0 Å². The first-order valence-electron chi connectivity index (χ1n) is 2.12. The van der Waals surface area contributed by atoms with E-state index in [0.29, 0.717) is 0 Å². The number of hydrogen-bond acceptors (Lipinski definition) is 3. The van der Waals surface area contributed by atoms with Crippen LogP contribution in [0.1, 0.15) is 0 Å². The number of rotatable bonds is 2. The molecule has 0 saturated carbocycles. The van der Waals surface area contributed by atoms with Crippen molar-refractivity contribution in [2.45, 2.75) is 5.18 Å². The van der Waals surface area contributed by atoms with Crippen LogP contribution in [0.25, 0.3) is 0 Å². The Bertz CT molecular complexity index is 162. The molecule has 1 rings (SSSR count). The summed E-state index contributed by atoms with van der Waals surface area (Å²) >= 11 is 5.30. The smallest absolute Gasteiger partial charge is 0.303 e. The molecule has 0 aliphatic carbocycles. The summed E-state index contributed by atoms with van der Waals surface area (Å²) in [4.78, 5) is 16.3. The second kappa shape index (κ2) is 1.92. The molecule has 0 aromatic carbocycles. The van der Waals surface area contributed by atoms with Gasteiger partial charge in [-0.05, 0) is 0 Å². The Labute approximate surface area is 56.2 Å². The minimum absolute atomic E-state index is 0.264. The van der Waals surface area contributed by atoms with Gasteiger partial charge in [-0.25, -0.2) is 9.09 Å². The molecular formula is C2H5ClNO4P. The Hall–Kier alpha value is 0.360. The molecule has 3 N–H and O–H groups in total. The molecular weight excluding hydrogens is 168 g/mol. The zero-order chi connectivity index (χ0) is 7.12. The molecule has 0 aromatic heterocycles. The average Bonchev–Trinajstić information content (AvgIpc) is 2.12. The van der Waals surface area contributed by atoms with Gasteiger partial charge in [0.2, 0.25) is 5.18 Å². The van der Waals surface area contributed by atoms with Gasteiger partial charge in [-0.1, -0.05) is 11.6 Å². The summed E-state index contributed by atoms with van der Waals surface area (Å²) in [6.45, 7) is 0.264. The van der Waals surface area contributed by atoms with Crippen molar-refractivity contribution in [3.8, 4) is 0 Å². The zero-order valence-electron chi connectivity index (χ0n) is 4.24. The van der Waals surface area contributed by atoms with Gasteiger partial charge in [-0.3, -0.25) is 5.32 Å². The average molecular weight is 173 g/mol. The highest BCUT2D eigenvalue weighted by Gasteiger charge is 2.46. The number of alkyl halides is 1. The van der Waals surface area contributed by atoms with Crippen LogP contribution in [0.2, 0.25) is 0 Å². The largest absolute Gasteiger partial charge is 0.472 e. The van der Waals surface area contributed by atoms with Crippen molar-refractivity contribution in [1.29, 1.82) is 0 Å². The number of phosphoric ester groups is 1. The van der Waals surface area contributed by atoms with E-state index in [4.69, 9.17) is 21.4 Å². The van der Waals surface area contributed by atoms with Crippen LogP contribution in [-0.4, -0.2) is 21.5 Å². The molecule has 1 atom stereocenters. The Morgan fingerprint density at radius 1 is 1.78 bits per heavy atom. The SMILES string of the molecule is O=P(O)(O)OC1(Cl)CN1. The highest BCUT2D eigenvalue weighted by atomic mass is 35.5. The fraction of sp³-hybridized carbons (Fsp3) is 1.00. The molecule has 0 amide bonds. The van der Waals surface area contributed by atoms with Crippen molar-refractivity contribution in [1.82, 2.24) is 5.32 Å². The number of phosphoric acid groups is 1. The topological polar surface area (TPSA) is 88.7 Å². The maximum Gasteiger partial charge on any atom is 0.472 e. The fourth-order valence-electron chi connectivity index (χ4n) is 0.323. The standard InChI is InChI=1S/C2H5ClNO4P/c3-2(1-4-2)8-9(5,6)7/h4H,1H2,(H2,5,6,7). The Balaban J connectivity index is 2.43. The first kappa shape index (κ1) is 7.47. The molecule has 1 fully saturated rings. The van der Waals surface area contributed by atoms with Crippen LogP contribution in [0.4, 0.5) is 0 Å². The maximum atomic E-state index is 10.0. The van der Waals surface area contributed by atoms with E-state index in [1.54, 1.807) is 0 Å². The molecule has 9 heavy (non-hydrogen) atoms. The van der Waals surface area contributed by atoms with Crippen LogP contribution in [0.15, 0.2) is 0 Å². The molecule has 0 radical (unpaired) electrons. The quantitative estimate of drug-likeness (QED) is 0.229. The summed E-state index contributed by atoms with van der Waals surface area (Å²) in [7, 11) is -4.42. The van der Waals surface area contributed by atoms with Crippen LogP contribution < -0.4 is 5.32 Å². The lowest BCUT2D eigenvalue weighted by atomic mass is 10.9. The molecule has 1 unspecified atom stereocenters. The van der Waals surface area contributed by atoms with Gasteiger partial charge in [0.15, 0.2) is 0 Å². The molecule has 1 heterocycles. The summed E-state index contributed by atoms with van der Waals surface area (Å²) in [6, 6.07) is 0. The van der Waals surface area contributed by atoms with Crippen molar-refractivity contribution in [3.05, 3.63) is 0 Å². The molecule has 1 aliphatic rings. The van der Waals surface area contributed by atoms with Gasteiger partial charge in [0.1, 0.15) is 0 Å². The third-order valence-electron chi connectivity index (χ3n) is 0.718. The first-order valence-corrected chi connectivity index (χ1v) is 4.02. The normalized spacial score (nSPS) is 34.6. The predicted molar refractivity (Wildman–Crippen MR) is 29.7 cm³/mol. The van der Waals surface area contributed by atoms with Gasteiger partial charge in [-0.15, -0.1) is 0 Å². The second-order valence-corrected chi connectivity index (χ2v) is 3.44. The molecule has 0 spiro atoms. The zero-order valence-corrected chi connectivity index (χ0v) is 5.89. The minimum atomic E-state index is -4.42. The molecule has 1 aliphatic heterocycles. The molecule has 7 heteroatoms. The molecule has 0 aromatic rings. The minimum Gasteiger partial charge on any atom is -0.303 e. The summed E-state index contributed by atoms with van der Waals surface area (Å²) < 4.78 is 14.1. The summed E-state index contributed by atoms with van der Waals surface area (Å²) in [6.07, 6.45) is 0. The Morgan fingerprint density at radius 3 is 2.33 bits per heavy atom. The van der Waals surface area contributed by atoms with E-state index in [9.17, 15) is 4.57 Å². The lowest BCUT2D eigenvalue weighted by Gasteiger charge is -2.06. The number of halogens is 1. The second-order valence-electron chi connectivity index (χ2n) is 1.66. The van der Waals surface area contributed by atoms with Gasteiger partial charge in [-0.2, -0.15) is 0 Å². The van der Waals surface area contributed by atoms with Gasteiger partial charge >= 0.3 is 7.82 Å². The van der Waals surface area contributed by atoms with E-state index in [1.165, 1.54) is 0 Å². The lowest BCUT2D eigenvalue weighted by Crippen LogP contribution is -2.08. The van der Waals surface area contributed by atoms with Crippen molar-refractivity contribution >= 4 is 19.4 Å². The Kier molecular flexibility index (Phi) is 1.59. The van der Waals surface area contributed by atoms with Crippen molar-refractivity contribution in [2.24, 2.45) is 0 Å². The number of nitrogens with one attached hydrogen (secondary N) is 1. The predicted octanol–water partition coefficient (Wildman–Crippen LogP) is -0.409. The highest BCUT2D eigenvalue weighted by molar-refractivity contribution is 7.46.